The second kappa shape index (κ2) is 5.72. The first kappa shape index (κ1) is 15.3. The van der Waals surface area contributed by atoms with Gasteiger partial charge in [-0.2, -0.15) is 10.4 Å². The maximum atomic E-state index is 8.85. The van der Waals surface area contributed by atoms with Crippen LogP contribution in [0.25, 0.3) is 5.52 Å². The van der Waals surface area contributed by atoms with E-state index in [0.717, 1.165) is 17.0 Å². The van der Waals surface area contributed by atoms with Crippen molar-refractivity contribution in [3.05, 3.63) is 24.2 Å². The van der Waals surface area contributed by atoms with Gasteiger partial charge in [-0.15, -0.1) is 0 Å². The van der Waals surface area contributed by atoms with Gasteiger partial charge in [0.05, 0.1) is 18.2 Å². The fourth-order valence-corrected chi connectivity index (χ4v) is 2.28. The van der Waals surface area contributed by atoms with Gasteiger partial charge in [-0.3, -0.25) is 0 Å². The van der Waals surface area contributed by atoms with Crippen molar-refractivity contribution in [3.63, 3.8) is 0 Å². The number of rotatable bonds is 4. The van der Waals surface area contributed by atoms with Crippen molar-refractivity contribution in [2.75, 3.05) is 11.4 Å². The third-order valence-corrected chi connectivity index (χ3v) is 3.50. The van der Waals surface area contributed by atoms with Gasteiger partial charge in [-0.1, -0.05) is 20.8 Å². The van der Waals surface area contributed by atoms with Gasteiger partial charge < -0.3 is 4.90 Å². The van der Waals surface area contributed by atoms with E-state index >= 15 is 0 Å². The smallest absolute Gasteiger partial charge is 0.154 e. The molecule has 0 saturated heterocycles. The van der Waals surface area contributed by atoms with Crippen LogP contribution in [0.5, 0.6) is 0 Å². The number of anilines is 1. The van der Waals surface area contributed by atoms with Gasteiger partial charge in [0.15, 0.2) is 5.82 Å². The van der Waals surface area contributed by atoms with E-state index in [0.29, 0.717) is 13.0 Å². The van der Waals surface area contributed by atoms with E-state index in [4.69, 9.17) is 5.26 Å². The molecule has 2 aromatic rings. The SMILES string of the molecule is CC(C)N(CCC#N)c1nccn2nc(C(C)(C)C)cc12. The van der Waals surface area contributed by atoms with E-state index in [1.54, 1.807) is 6.20 Å². The van der Waals surface area contributed by atoms with Crippen LogP contribution in [0.1, 0.15) is 46.7 Å². The molecule has 0 spiro atoms. The molecule has 5 nitrogen and oxygen atoms in total. The summed E-state index contributed by atoms with van der Waals surface area (Å²) in [6, 6.07) is 4.59. The predicted molar refractivity (Wildman–Crippen MR) is 84.4 cm³/mol. The first-order valence-electron chi connectivity index (χ1n) is 7.33. The minimum absolute atomic E-state index is 0.00138. The Bertz CT molecular complexity index is 657. The van der Waals surface area contributed by atoms with E-state index in [1.807, 2.05) is 10.7 Å². The van der Waals surface area contributed by atoms with Crippen LogP contribution in [-0.2, 0) is 5.41 Å². The summed E-state index contributed by atoms with van der Waals surface area (Å²) in [6.07, 6.45) is 4.13. The van der Waals surface area contributed by atoms with Crippen LogP contribution in [0.4, 0.5) is 5.82 Å². The minimum Gasteiger partial charge on any atom is -0.351 e. The Morgan fingerprint density at radius 1 is 1.38 bits per heavy atom. The normalized spacial score (nSPS) is 11.9. The predicted octanol–water partition coefficient (Wildman–Crippen LogP) is 3.16. The average Bonchev–Trinajstić information content (AvgIpc) is 2.83. The third-order valence-electron chi connectivity index (χ3n) is 3.50. The van der Waals surface area contributed by atoms with Gasteiger partial charge in [0.1, 0.15) is 5.52 Å². The van der Waals surface area contributed by atoms with E-state index in [1.165, 1.54) is 0 Å². The van der Waals surface area contributed by atoms with Crippen LogP contribution in [-0.4, -0.2) is 27.2 Å². The van der Waals surface area contributed by atoms with Crippen LogP contribution in [0, 0.1) is 11.3 Å². The summed E-state index contributed by atoms with van der Waals surface area (Å²) in [5.74, 6) is 0.894. The summed E-state index contributed by atoms with van der Waals surface area (Å²) < 4.78 is 1.88. The lowest BCUT2D eigenvalue weighted by Crippen LogP contribution is -2.32. The quantitative estimate of drug-likeness (QED) is 0.866. The van der Waals surface area contributed by atoms with Crippen LogP contribution in [0.15, 0.2) is 18.5 Å². The number of hydrogen-bond donors (Lipinski definition) is 0. The van der Waals surface area contributed by atoms with Crippen LogP contribution in [0.3, 0.4) is 0 Å². The highest BCUT2D eigenvalue weighted by Crippen LogP contribution is 2.27. The molecule has 2 aromatic heterocycles. The molecule has 5 heteroatoms. The Hall–Kier alpha value is -2.09. The van der Waals surface area contributed by atoms with Gasteiger partial charge >= 0.3 is 0 Å². The third kappa shape index (κ3) is 3.15. The summed E-state index contributed by atoms with van der Waals surface area (Å²) >= 11 is 0. The zero-order chi connectivity index (χ0) is 15.6. The molecule has 2 rings (SSSR count). The van der Waals surface area contributed by atoms with Crippen molar-refractivity contribution in [1.82, 2.24) is 14.6 Å². The molecule has 0 bridgehead atoms. The molecular formula is C16H23N5. The number of nitriles is 1. The van der Waals surface area contributed by atoms with E-state index < -0.39 is 0 Å². The lowest BCUT2D eigenvalue weighted by atomic mass is 9.92. The van der Waals surface area contributed by atoms with Crippen LogP contribution >= 0.6 is 0 Å². The Morgan fingerprint density at radius 2 is 2.10 bits per heavy atom. The van der Waals surface area contributed by atoms with Gasteiger partial charge in [-0.05, 0) is 19.9 Å². The van der Waals surface area contributed by atoms with Crippen molar-refractivity contribution in [2.24, 2.45) is 0 Å². The maximum Gasteiger partial charge on any atom is 0.154 e. The summed E-state index contributed by atoms with van der Waals surface area (Å²) in [5, 5.41) is 13.5. The van der Waals surface area contributed by atoms with Crippen molar-refractivity contribution >= 4 is 11.3 Å². The van der Waals surface area contributed by atoms with Crippen molar-refractivity contribution in [2.45, 2.75) is 52.5 Å². The highest BCUT2D eigenvalue weighted by atomic mass is 15.3. The molecule has 0 aliphatic carbocycles. The topological polar surface area (TPSA) is 57.2 Å². The van der Waals surface area contributed by atoms with Crippen molar-refractivity contribution in [1.29, 1.82) is 5.26 Å². The Balaban J connectivity index is 2.52. The maximum absolute atomic E-state index is 8.85. The Kier molecular flexibility index (Phi) is 4.17. The minimum atomic E-state index is -0.00138. The number of aromatic nitrogens is 3. The highest BCUT2D eigenvalue weighted by molar-refractivity contribution is 5.69. The van der Waals surface area contributed by atoms with E-state index in [2.05, 4.69) is 61.7 Å². The average molecular weight is 285 g/mol. The van der Waals surface area contributed by atoms with Crippen LogP contribution in [0.2, 0.25) is 0 Å². The molecule has 0 unspecified atom stereocenters. The second-order valence-electron chi connectivity index (χ2n) is 6.56. The Morgan fingerprint density at radius 3 is 2.67 bits per heavy atom. The lowest BCUT2D eigenvalue weighted by Gasteiger charge is -2.27. The molecule has 0 atom stereocenters. The monoisotopic (exact) mass is 285 g/mol. The first-order valence-corrected chi connectivity index (χ1v) is 7.33. The number of nitrogens with zero attached hydrogens (tertiary/aromatic N) is 5. The first-order chi connectivity index (χ1) is 9.84. The lowest BCUT2D eigenvalue weighted by molar-refractivity contribution is 0.562. The van der Waals surface area contributed by atoms with Crippen molar-refractivity contribution < 1.29 is 0 Å². The fraction of sp³-hybridized carbons (Fsp3) is 0.562. The molecular weight excluding hydrogens is 262 g/mol. The molecule has 0 aliphatic rings. The molecule has 0 amide bonds. The molecule has 112 valence electrons. The molecule has 0 fully saturated rings. The fourth-order valence-electron chi connectivity index (χ4n) is 2.28. The number of hydrogen-bond acceptors (Lipinski definition) is 4. The summed E-state index contributed by atoms with van der Waals surface area (Å²) in [4.78, 5) is 6.69. The standard InChI is InChI=1S/C16H23N5/c1-12(2)20(9-6-7-17)15-13-11-14(16(3,4)5)19-21(13)10-8-18-15/h8,10-12H,6,9H2,1-5H3. The molecule has 0 saturated carbocycles. The Labute approximate surface area is 126 Å². The largest absolute Gasteiger partial charge is 0.351 e. The molecule has 2 heterocycles. The van der Waals surface area contributed by atoms with E-state index in [9.17, 15) is 0 Å². The molecule has 0 radical (unpaired) electrons. The van der Waals surface area contributed by atoms with Crippen LogP contribution < -0.4 is 4.90 Å². The molecule has 0 aliphatic heterocycles. The summed E-state index contributed by atoms with van der Waals surface area (Å²) in [7, 11) is 0. The molecule has 0 N–H and O–H groups in total. The summed E-state index contributed by atoms with van der Waals surface area (Å²) in [6.45, 7) is 11.4. The zero-order valence-electron chi connectivity index (χ0n) is 13.5. The second-order valence-corrected chi connectivity index (χ2v) is 6.56. The van der Waals surface area contributed by atoms with Gasteiger partial charge in [0, 0.05) is 30.4 Å². The molecule has 0 aromatic carbocycles. The number of fused-ring (bicyclic) bond motifs is 1. The summed E-state index contributed by atoms with van der Waals surface area (Å²) in [5.41, 5.74) is 2.04. The van der Waals surface area contributed by atoms with Gasteiger partial charge in [0.25, 0.3) is 0 Å². The zero-order valence-corrected chi connectivity index (χ0v) is 13.5. The van der Waals surface area contributed by atoms with Crippen molar-refractivity contribution in [3.8, 4) is 6.07 Å². The highest BCUT2D eigenvalue weighted by Gasteiger charge is 2.21. The molecule has 21 heavy (non-hydrogen) atoms. The van der Waals surface area contributed by atoms with Gasteiger partial charge in [0.2, 0.25) is 0 Å². The van der Waals surface area contributed by atoms with E-state index in [-0.39, 0.29) is 11.5 Å². The van der Waals surface area contributed by atoms with Gasteiger partial charge in [-0.25, -0.2) is 9.50 Å².